The predicted molar refractivity (Wildman–Crippen MR) is 62.1 cm³/mol. The molecule has 0 spiro atoms. The summed E-state index contributed by atoms with van der Waals surface area (Å²) in [6.45, 7) is 3.39. The van der Waals surface area contributed by atoms with Crippen LogP contribution in [0.15, 0.2) is 24.3 Å². The Hall–Kier alpha value is -1.13. The number of rotatable bonds is 4. The molecule has 88 valence electrons. The van der Waals surface area contributed by atoms with Crippen LogP contribution in [-0.4, -0.2) is 32.3 Å². The van der Waals surface area contributed by atoms with Gasteiger partial charge in [0.05, 0.1) is 13.2 Å². The van der Waals surface area contributed by atoms with Crippen LogP contribution >= 0.6 is 0 Å². The molecule has 2 N–H and O–H groups in total. The summed E-state index contributed by atoms with van der Waals surface area (Å²) in [6.07, 6.45) is 1.01. The molecule has 1 aliphatic rings. The van der Waals surface area contributed by atoms with E-state index in [4.69, 9.17) is 4.74 Å². The van der Waals surface area contributed by atoms with Gasteiger partial charge in [0, 0.05) is 24.8 Å². The number of nitrogens with one attached hydrogen (secondary N) is 2. The first-order valence-electron chi connectivity index (χ1n) is 5.65. The average Bonchev–Trinajstić information content (AvgIpc) is 2.33. The maximum Gasteiger partial charge on any atom is 0.123 e. The van der Waals surface area contributed by atoms with E-state index < -0.39 is 0 Å². The van der Waals surface area contributed by atoms with Gasteiger partial charge in [-0.2, -0.15) is 0 Å². The molecule has 3 nitrogen and oxygen atoms in total. The van der Waals surface area contributed by atoms with Crippen molar-refractivity contribution in [1.29, 1.82) is 0 Å². The van der Waals surface area contributed by atoms with Gasteiger partial charge in [-0.25, -0.2) is 4.39 Å². The molecule has 4 heteroatoms. The normalized spacial score (nSPS) is 20.7. The molecule has 1 saturated heterocycles. The summed E-state index contributed by atoms with van der Waals surface area (Å²) in [5, 5.41) is 6.65. The number of hydrogen-bond acceptors (Lipinski definition) is 3. The average molecular weight is 224 g/mol. The van der Waals surface area contributed by atoms with Crippen molar-refractivity contribution in [3.63, 3.8) is 0 Å². The van der Waals surface area contributed by atoms with Crippen LogP contribution in [0.3, 0.4) is 0 Å². The van der Waals surface area contributed by atoms with Crippen LogP contribution in [0.4, 0.5) is 10.1 Å². The van der Waals surface area contributed by atoms with Crippen molar-refractivity contribution in [1.82, 2.24) is 5.32 Å². The number of hydrogen-bond donors (Lipinski definition) is 2. The van der Waals surface area contributed by atoms with E-state index in [1.807, 2.05) is 0 Å². The Labute approximate surface area is 95.0 Å². The molecule has 0 amide bonds. The monoisotopic (exact) mass is 224 g/mol. The molecular formula is C12H17FN2O. The van der Waals surface area contributed by atoms with Gasteiger partial charge < -0.3 is 15.4 Å². The minimum Gasteiger partial charge on any atom is -0.385 e. The van der Waals surface area contributed by atoms with Crippen LogP contribution in [0.25, 0.3) is 0 Å². The molecule has 16 heavy (non-hydrogen) atoms. The Morgan fingerprint density at radius 3 is 2.88 bits per heavy atom. The number of anilines is 1. The summed E-state index contributed by atoms with van der Waals surface area (Å²) in [4.78, 5) is 0. The molecule has 0 aromatic heterocycles. The van der Waals surface area contributed by atoms with E-state index in [0.717, 1.165) is 38.4 Å². The third-order valence-corrected chi connectivity index (χ3v) is 2.66. The minimum atomic E-state index is -0.201. The summed E-state index contributed by atoms with van der Waals surface area (Å²) in [6, 6.07) is 6.86. The minimum absolute atomic E-state index is 0.201. The van der Waals surface area contributed by atoms with Crippen LogP contribution in [0, 0.1) is 5.82 Å². The van der Waals surface area contributed by atoms with E-state index in [1.165, 1.54) is 12.1 Å². The highest BCUT2D eigenvalue weighted by atomic mass is 19.1. The van der Waals surface area contributed by atoms with Crippen LogP contribution in [0.5, 0.6) is 0 Å². The lowest BCUT2D eigenvalue weighted by Crippen LogP contribution is -2.42. The van der Waals surface area contributed by atoms with Crippen molar-refractivity contribution >= 4 is 5.69 Å². The van der Waals surface area contributed by atoms with Gasteiger partial charge in [0.15, 0.2) is 0 Å². The Morgan fingerprint density at radius 2 is 2.19 bits per heavy atom. The molecule has 1 fully saturated rings. The molecule has 1 aromatic rings. The van der Waals surface area contributed by atoms with E-state index in [-0.39, 0.29) is 5.82 Å². The highest BCUT2D eigenvalue weighted by Crippen LogP contribution is 2.08. The Balaban J connectivity index is 1.69. The molecule has 1 aromatic carbocycles. The summed E-state index contributed by atoms with van der Waals surface area (Å²) < 4.78 is 18.0. The lowest BCUT2D eigenvalue weighted by molar-refractivity contribution is 0.0753. The topological polar surface area (TPSA) is 33.3 Å². The van der Waals surface area contributed by atoms with Crippen molar-refractivity contribution in [3.8, 4) is 0 Å². The maximum absolute atomic E-state index is 12.6. The zero-order valence-electron chi connectivity index (χ0n) is 9.21. The van der Waals surface area contributed by atoms with Crippen LogP contribution in [0.1, 0.15) is 6.42 Å². The predicted octanol–water partition coefficient (Wildman–Crippen LogP) is 1.62. The lowest BCUT2D eigenvalue weighted by Gasteiger charge is -2.23. The molecule has 1 heterocycles. The number of halogens is 1. The summed E-state index contributed by atoms with van der Waals surface area (Å²) in [7, 11) is 0. The molecule has 0 aliphatic carbocycles. The first-order chi connectivity index (χ1) is 7.84. The number of benzene rings is 1. The second-order valence-corrected chi connectivity index (χ2v) is 3.95. The largest absolute Gasteiger partial charge is 0.385 e. The van der Waals surface area contributed by atoms with Crippen molar-refractivity contribution in [2.24, 2.45) is 0 Å². The third kappa shape index (κ3) is 3.47. The lowest BCUT2D eigenvalue weighted by atomic mass is 10.2. The highest BCUT2D eigenvalue weighted by Gasteiger charge is 2.11. The van der Waals surface area contributed by atoms with Gasteiger partial charge in [-0.15, -0.1) is 0 Å². The molecule has 1 aliphatic heterocycles. The SMILES string of the molecule is Fc1ccc(NCCC2COCCN2)cc1. The van der Waals surface area contributed by atoms with E-state index in [9.17, 15) is 4.39 Å². The quantitative estimate of drug-likeness (QED) is 0.815. The van der Waals surface area contributed by atoms with Gasteiger partial charge in [0.2, 0.25) is 0 Å². The van der Waals surface area contributed by atoms with Gasteiger partial charge in [0.1, 0.15) is 5.82 Å². The fraction of sp³-hybridized carbons (Fsp3) is 0.500. The fourth-order valence-electron chi connectivity index (χ4n) is 1.76. The van der Waals surface area contributed by atoms with Gasteiger partial charge in [-0.05, 0) is 30.7 Å². The van der Waals surface area contributed by atoms with Crippen LogP contribution in [-0.2, 0) is 4.74 Å². The zero-order chi connectivity index (χ0) is 11.2. The molecule has 0 saturated carbocycles. The van der Waals surface area contributed by atoms with E-state index >= 15 is 0 Å². The third-order valence-electron chi connectivity index (χ3n) is 2.66. The van der Waals surface area contributed by atoms with Crippen molar-refractivity contribution in [2.45, 2.75) is 12.5 Å². The van der Waals surface area contributed by atoms with Gasteiger partial charge in [-0.1, -0.05) is 0 Å². The summed E-state index contributed by atoms with van der Waals surface area (Å²) in [5.41, 5.74) is 0.957. The van der Waals surface area contributed by atoms with Gasteiger partial charge in [0.25, 0.3) is 0 Å². The van der Waals surface area contributed by atoms with Crippen molar-refractivity contribution in [2.75, 3.05) is 31.6 Å². The van der Waals surface area contributed by atoms with Crippen molar-refractivity contribution in [3.05, 3.63) is 30.1 Å². The van der Waals surface area contributed by atoms with E-state index in [2.05, 4.69) is 10.6 Å². The van der Waals surface area contributed by atoms with E-state index in [0.29, 0.717) is 6.04 Å². The molecule has 1 unspecified atom stereocenters. The van der Waals surface area contributed by atoms with Crippen LogP contribution in [0.2, 0.25) is 0 Å². The Bertz CT molecular complexity index is 309. The van der Waals surface area contributed by atoms with E-state index in [1.54, 1.807) is 12.1 Å². The highest BCUT2D eigenvalue weighted by molar-refractivity contribution is 5.42. The maximum atomic E-state index is 12.6. The second-order valence-electron chi connectivity index (χ2n) is 3.95. The Morgan fingerprint density at radius 1 is 1.38 bits per heavy atom. The van der Waals surface area contributed by atoms with Gasteiger partial charge in [-0.3, -0.25) is 0 Å². The molecule has 0 radical (unpaired) electrons. The van der Waals surface area contributed by atoms with Crippen molar-refractivity contribution < 1.29 is 9.13 Å². The molecule has 1 atom stereocenters. The summed E-state index contributed by atoms with van der Waals surface area (Å²) in [5.74, 6) is -0.201. The fourth-order valence-corrected chi connectivity index (χ4v) is 1.76. The molecular weight excluding hydrogens is 207 g/mol. The number of ether oxygens (including phenoxy) is 1. The standard InChI is InChI=1S/C12H17FN2O/c13-10-1-3-11(4-2-10)14-6-5-12-9-16-8-7-15-12/h1-4,12,14-15H,5-9H2. The first-order valence-corrected chi connectivity index (χ1v) is 5.65. The summed E-state index contributed by atoms with van der Waals surface area (Å²) >= 11 is 0. The molecule has 2 rings (SSSR count). The molecule has 0 bridgehead atoms. The van der Waals surface area contributed by atoms with Crippen LogP contribution < -0.4 is 10.6 Å². The van der Waals surface area contributed by atoms with Gasteiger partial charge >= 0.3 is 0 Å². The zero-order valence-corrected chi connectivity index (χ0v) is 9.21. The second kappa shape index (κ2) is 5.82. The first kappa shape index (κ1) is 11.4. The number of morpholine rings is 1. The smallest absolute Gasteiger partial charge is 0.123 e. The Kier molecular flexibility index (Phi) is 4.13.